The minimum Gasteiger partial charge on any atom is -0.542 e. The minimum absolute atomic E-state index is 0.119. The highest BCUT2D eigenvalue weighted by Gasteiger charge is 2.39. The normalized spacial score (nSPS) is 14.9. The molecule has 0 saturated carbocycles. The van der Waals surface area contributed by atoms with Crippen LogP contribution < -0.4 is 19.4 Å². The van der Waals surface area contributed by atoms with Gasteiger partial charge in [0.1, 0.15) is 17.3 Å². The number of methoxy groups -OCH3 is 1. The van der Waals surface area contributed by atoms with Crippen molar-refractivity contribution in [1.29, 1.82) is 0 Å². The molecule has 1 aromatic carbocycles. The summed E-state index contributed by atoms with van der Waals surface area (Å²) in [6.45, 7) is 13.9. The third-order valence-electron chi connectivity index (χ3n) is 6.15. The lowest BCUT2D eigenvalue weighted by atomic mass is 10.2. The number of anilines is 2. The fourth-order valence-corrected chi connectivity index (χ4v) is 4.13. The summed E-state index contributed by atoms with van der Waals surface area (Å²) in [6, 6.07) is 11.6. The zero-order chi connectivity index (χ0) is 22.6. The van der Waals surface area contributed by atoms with Crippen molar-refractivity contribution < 1.29 is 14.0 Å². The SMILES string of the molecule is COc1ccc(N2CCN(C(=O)Nc3ccc(O[Si](C)(C)C(C)(C)C)cn3)CC2)cc1. The zero-order valence-corrected chi connectivity index (χ0v) is 20.4. The first-order valence-electron chi connectivity index (χ1n) is 10.7. The van der Waals surface area contributed by atoms with Crippen LogP contribution in [0.25, 0.3) is 0 Å². The fraction of sp³-hybridized carbons (Fsp3) is 0.478. The number of hydrogen-bond donors (Lipinski definition) is 1. The van der Waals surface area contributed by atoms with Gasteiger partial charge in [0.15, 0.2) is 0 Å². The number of nitrogens with zero attached hydrogens (tertiary/aromatic N) is 3. The zero-order valence-electron chi connectivity index (χ0n) is 19.4. The molecule has 0 aliphatic carbocycles. The Bertz CT molecular complexity index is 871. The van der Waals surface area contributed by atoms with Gasteiger partial charge in [0.05, 0.1) is 13.3 Å². The van der Waals surface area contributed by atoms with E-state index in [9.17, 15) is 4.79 Å². The lowest BCUT2D eigenvalue weighted by Gasteiger charge is -2.36. The Morgan fingerprint density at radius 1 is 1.00 bits per heavy atom. The van der Waals surface area contributed by atoms with Gasteiger partial charge in [-0.1, -0.05) is 20.8 Å². The van der Waals surface area contributed by atoms with E-state index in [2.05, 4.69) is 49.1 Å². The Kier molecular flexibility index (Phi) is 6.79. The Hall–Kier alpha value is -2.74. The van der Waals surface area contributed by atoms with Crippen molar-refractivity contribution in [2.75, 3.05) is 43.5 Å². The van der Waals surface area contributed by atoms with E-state index in [0.29, 0.717) is 18.9 Å². The number of ether oxygens (including phenoxy) is 1. The van der Waals surface area contributed by atoms with Crippen molar-refractivity contribution in [2.24, 2.45) is 0 Å². The van der Waals surface area contributed by atoms with Crippen LogP contribution >= 0.6 is 0 Å². The van der Waals surface area contributed by atoms with Crippen LogP contribution in [-0.2, 0) is 0 Å². The topological polar surface area (TPSA) is 66.9 Å². The Morgan fingerprint density at radius 3 is 2.13 bits per heavy atom. The van der Waals surface area contributed by atoms with Gasteiger partial charge >= 0.3 is 6.03 Å². The number of benzene rings is 1. The quantitative estimate of drug-likeness (QED) is 0.672. The van der Waals surface area contributed by atoms with Crippen LogP contribution in [-0.4, -0.2) is 57.5 Å². The van der Waals surface area contributed by atoms with Crippen LogP contribution in [0, 0.1) is 0 Å². The lowest BCUT2D eigenvalue weighted by Crippen LogP contribution is -2.50. The number of hydrogen-bond acceptors (Lipinski definition) is 5. The van der Waals surface area contributed by atoms with E-state index in [-0.39, 0.29) is 11.1 Å². The van der Waals surface area contributed by atoms with Gasteiger partial charge in [-0.2, -0.15) is 0 Å². The van der Waals surface area contributed by atoms with Crippen molar-refractivity contribution in [2.45, 2.75) is 38.9 Å². The summed E-state index contributed by atoms with van der Waals surface area (Å²) in [5.41, 5.74) is 1.14. The predicted octanol–water partition coefficient (Wildman–Crippen LogP) is 4.83. The predicted molar refractivity (Wildman–Crippen MR) is 128 cm³/mol. The number of aromatic nitrogens is 1. The first-order valence-corrected chi connectivity index (χ1v) is 13.6. The molecular formula is C23H34N4O3Si. The van der Waals surface area contributed by atoms with E-state index in [1.54, 1.807) is 19.4 Å². The molecule has 3 rings (SSSR count). The van der Waals surface area contributed by atoms with E-state index < -0.39 is 8.32 Å². The summed E-state index contributed by atoms with van der Waals surface area (Å²) in [4.78, 5) is 21.1. The number of piperazine rings is 1. The molecule has 1 saturated heterocycles. The van der Waals surface area contributed by atoms with Crippen LogP contribution in [0.2, 0.25) is 18.1 Å². The number of carbonyl (C=O) groups excluding carboxylic acids is 1. The number of nitrogens with one attached hydrogen (secondary N) is 1. The number of urea groups is 1. The third-order valence-corrected chi connectivity index (χ3v) is 10.5. The van der Waals surface area contributed by atoms with Gasteiger partial charge < -0.3 is 19.0 Å². The first-order chi connectivity index (χ1) is 14.6. The maximum absolute atomic E-state index is 12.7. The average Bonchev–Trinajstić information content (AvgIpc) is 2.74. The smallest absolute Gasteiger partial charge is 0.323 e. The van der Waals surface area contributed by atoms with Crippen molar-refractivity contribution >= 4 is 25.9 Å². The second-order valence-corrected chi connectivity index (χ2v) is 14.1. The highest BCUT2D eigenvalue weighted by molar-refractivity contribution is 6.74. The largest absolute Gasteiger partial charge is 0.542 e. The molecule has 1 fully saturated rings. The molecule has 2 heterocycles. The molecule has 168 valence electrons. The second kappa shape index (κ2) is 9.17. The highest BCUT2D eigenvalue weighted by Crippen LogP contribution is 2.37. The Balaban J connectivity index is 1.51. The van der Waals surface area contributed by atoms with Crippen molar-refractivity contribution in [3.05, 3.63) is 42.6 Å². The Labute approximate surface area is 186 Å². The molecule has 1 N–H and O–H groups in total. The summed E-state index contributed by atoms with van der Waals surface area (Å²) in [5, 5.41) is 3.02. The molecule has 2 aromatic rings. The number of rotatable bonds is 5. The third kappa shape index (κ3) is 5.69. The number of carbonyl (C=O) groups is 1. The highest BCUT2D eigenvalue weighted by atomic mass is 28.4. The molecule has 0 unspecified atom stereocenters. The van der Waals surface area contributed by atoms with Crippen LogP contribution in [0.4, 0.5) is 16.3 Å². The van der Waals surface area contributed by atoms with Crippen LogP contribution in [0.1, 0.15) is 20.8 Å². The fourth-order valence-electron chi connectivity index (χ4n) is 3.11. The maximum Gasteiger partial charge on any atom is 0.323 e. The summed E-state index contributed by atoms with van der Waals surface area (Å²) in [7, 11) is -0.246. The van der Waals surface area contributed by atoms with Gasteiger partial charge in [-0.3, -0.25) is 5.32 Å². The Morgan fingerprint density at radius 2 is 1.61 bits per heavy atom. The molecule has 0 spiro atoms. The van der Waals surface area contributed by atoms with E-state index in [0.717, 1.165) is 30.3 Å². The van der Waals surface area contributed by atoms with Gasteiger partial charge in [0, 0.05) is 31.9 Å². The minimum atomic E-state index is -1.91. The summed E-state index contributed by atoms with van der Waals surface area (Å²) >= 11 is 0. The van der Waals surface area contributed by atoms with Crippen LogP contribution in [0.15, 0.2) is 42.6 Å². The summed E-state index contributed by atoms with van der Waals surface area (Å²) in [5.74, 6) is 2.12. The molecule has 1 aliphatic rings. The second-order valence-electron chi connectivity index (χ2n) is 9.34. The van der Waals surface area contributed by atoms with Gasteiger partial charge in [-0.05, 0) is 54.5 Å². The van der Waals surface area contributed by atoms with Crippen molar-refractivity contribution in [1.82, 2.24) is 9.88 Å². The molecule has 31 heavy (non-hydrogen) atoms. The lowest BCUT2D eigenvalue weighted by molar-refractivity contribution is 0.208. The molecule has 0 bridgehead atoms. The van der Waals surface area contributed by atoms with Gasteiger partial charge in [-0.25, -0.2) is 9.78 Å². The molecule has 7 nitrogen and oxygen atoms in total. The molecule has 8 heteroatoms. The number of pyridine rings is 1. The van der Waals surface area contributed by atoms with Crippen LogP contribution in [0.3, 0.4) is 0 Å². The standard InChI is InChI=1S/C23H34N4O3Si/c1-23(2,3)31(5,6)30-20-11-12-21(24-17-20)25-22(28)27-15-13-26(14-16-27)18-7-9-19(29-4)10-8-18/h7-12,17H,13-16H2,1-6H3,(H,24,25,28). The van der Waals surface area contributed by atoms with Gasteiger partial charge in [0.25, 0.3) is 8.32 Å². The number of amides is 2. The summed E-state index contributed by atoms with van der Waals surface area (Å²) in [6.07, 6.45) is 1.69. The maximum atomic E-state index is 12.7. The molecule has 0 atom stereocenters. The van der Waals surface area contributed by atoms with Crippen molar-refractivity contribution in [3.8, 4) is 11.5 Å². The molecule has 0 radical (unpaired) electrons. The molecule has 1 aromatic heterocycles. The van der Waals surface area contributed by atoms with Crippen LogP contribution in [0.5, 0.6) is 11.5 Å². The van der Waals surface area contributed by atoms with E-state index in [1.807, 2.05) is 35.2 Å². The molecule has 1 aliphatic heterocycles. The monoisotopic (exact) mass is 442 g/mol. The molecular weight excluding hydrogens is 408 g/mol. The average molecular weight is 443 g/mol. The first kappa shape index (κ1) is 22.9. The van der Waals surface area contributed by atoms with Crippen molar-refractivity contribution in [3.63, 3.8) is 0 Å². The summed E-state index contributed by atoms with van der Waals surface area (Å²) < 4.78 is 11.5. The molecule has 2 amide bonds. The van der Waals surface area contributed by atoms with Gasteiger partial charge in [-0.15, -0.1) is 0 Å². The van der Waals surface area contributed by atoms with E-state index >= 15 is 0 Å². The van der Waals surface area contributed by atoms with E-state index in [1.165, 1.54) is 0 Å². The van der Waals surface area contributed by atoms with E-state index in [4.69, 9.17) is 9.16 Å². The van der Waals surface area contributed by atoms with Gasteiger partial charge in [0.2, 0.25) is 0 Å².